The van der Waals surface area contributed by atoms with Gasteiger partial charge in [0, 0.05) is 19.0 Å². The Bertz CT molecular complexity index is 1440. The molecule has 7 nitrogen and oxygen atoms in total. The molecule has 41 heavy (non-hydrogen) atoms. The molecule has 4 rings (SSSR count). The third-order valence-corrected chi connectivity index (χ3v) is 8.90. The Morgan fingerprint density at radius 2 is 1.59 bits per heavy atom. The van der Waals surface area contributed by atoms with E-state index in [2.05, 4.69) is 5.32 Å². The van der Waals surface area contributed by atoms with Crippen molar-refractivity contribution in [1.82, 2.24) is 10.2 Å². The van der Waals surface area contributed by atoms with E-state index in [1.165, 1.54) is 4.90 Å². The molecule has 1 fully saturated rings. The summed E-state index contributed by atoms with van der Waals surface area (Å²) in [6.07, 6.45) is 6.42. The summed E-state index contributed by atoms with van der Waals surface area (Å²) in [6, 6.07) is 23.1. The van der Waals surface area contributed by atoms with Crippen molar-refractivity contribution in [2.24, 2.45) is 0 Å². The van der Waals surface area contributed by atoms with Crippen LogP contribution in [0.25, 0.3) is 0 Å². The molecule has 3 aromatic carbocycles. The van der Waals surface area contributed by atoms with E-state index in [4.69, 9.17) is 11.6 Å². The van der Waals surface area contributed by atoms with Gasteiger partial charge in [-0.05, 0) is 43.0 Å². The largest absolute Gasteiger partial charge is 0.352 e. The number of amides is 2. The highest BCUT2D eigenvalue weighted by atomic mass is 35.5. The first-order valence-electron chi connectivity index (χ1n) is 14.0. The number of anilines is 1. The van der Waals surface area contributed by atoms with E-state index < -0.39 is 28.5 Å². The summed E-state index contributed by atoms with van der Waals surface area (Å²) in [5, 5.41) is 3.42. The van der Waals surface area contributed by atoms with Crippen molar-refractivity contribution < 1.29 is 18.0 Å². The summed E-state index contributed by atoms with van der Waals surface area (Å²) in [7, 11) is -3.88. The first-order valence-corrected chi connectivity index (χ1v) is 16.3. The average Bonchev–Trinajstić information content (AvgIpc) is 2.94. The monoisotopic (exact) mass is 595 g/mol. The van der Waals surface area contributed by atoms with Crippen LogP contribution in [0.5, 0.6) is 0 Å². The Morgan fingerprint density at radius 1 is 0.927 bits per heavy atom. The second-order valence-corrected chi connectivity index (χ2v) is 13.1. The molecule has 9 heteroatoms. The number of nitrogens with one attached hydrogen (secondary N) is 1. The molecular formula is C32H38ClN3O4S. The van der Waals surface area contributed by atoms with Crippen LogP contribution >= 0.6 is 11.6 Å². The van der Waals surface area contributed by atoms with Gasteiger partial charge in [-0.2, -0.15) is 0 Å². The summed E-state index contributed by atoms with van der Waals surface area (Å²) in [5.74, 6) is -0.720. The molecule has 2 amide bonds. The van der Waals surface area contributed by atoms with Gasteiger partial charge in [0.2, 0.25) is 21.8 Å². The van der Waals surface area contributed by atoms with Gasteiger partial charge in [0.05, 0.1) is 17.0 Å². The van der Waals surface area contributed by atoms with E-state index >= 15 is 0 Å². The Morgan fingerprint density at radius 3 is 2.24 bits per heavy atom. The Balaban J connectivity index is 1.73. The lowest BCUT2D eigenvalue weighted by Crippen LogP contribution is -2.55. The van der Waals surface area contributed by atoms with Crippen molar-refractivity contribution in [3.05, 3.63) is 101 Å². The SMILES string of the molecule is Cc1cccc(CN(C(=O)CN(c2ccccc2Cl)S(C)(=O)=O)[C@@H](Cc2ccccc2)C(=O)NC2CCCCC2)c1. The van der Waals surface area contributed by atoms with Crippen LogP contribution in [0.2, 0.25) is 5.02 Å². The number of carbonyl (C=O) groups is 2. The molecule has 0 heterocycles. The third kappa shape index (κ3) is 8.57. The van der Waals surface area contributed by atoms with Crippen molar-refractivity contribution in [1.29, 1.82) is 0 Å². The number of nitrogens with zero attached hydrogens (tertiary/aromatic N) is 2. The van der Waals surface area contributed by atoms with E-state index in [9.17, 15) is 18.0 Å². The average molecular weight is 596 g/mol. The number of para-hydroxylation sites is 1. The van der Waals surface area contributed by atoms with Gasteiger partial charge in [-0.25, -0.2) is 8.42 Å². The highest BCUT2D eigenvalue weighted by Gasteiger charge is 2.34. The van der Waals surface area contributed by atoms with Gasteiger partial charge in [-0.15, -0.1) is 0 Å². The number of hydrogen-bond acceptors (Lipinski definition) is 4. The summed E-state index contributed by atoms with van der Waals surface area (Å²) < 4.78 is 26.9. The van der Waals surface area contributed by atoms with E-state index in [1.807, 2.05) is 61.5 Å². The number of halogens is 1. The summed E-state index contributed by atoms with van der Waals surface area (Å²) in [4.78, 5) is 29.7. The third-order valence-electron chi connectivity index (χ3n) is 7.46. The predicted molar refractivity (Wildman–Crippen MR) is 164 cm³/mol. The Hall–Kier alpha value is -3.36. The second-order valence-electron chi connectivity index (χ2n) is 10.8. The van der Waals surface area contributed by atoms with Gasteiger partial charge in [0.1, 0.15) is 12.6 Å². The van der Waals surface area contributed by atoms with Gasteiger partial charge < -0.3 is 10.2 Å². The Kier molecular flexibility index (Phi) is 10.5. The van der Waals surface area contributed by atoms with Crippen LogP contribution in [0.1, 0.15) is 48.8 Å². The summed E-state index contributed by atoms with van der Waals surface area (Å²) >= 11 is 6.37. The van der Waals surface area contributed by atoms with Crippen molar-refractivity contribution in [2.75, 3.05) is 17.1 Å². The molecule has 3 aromatic rings. The lowest BCUT2D eigenvalue weighted by Gasteiger charge is -2.35. The maximum absolute atomic E-state index is 14.2. The molecule has 1 N–H and O–H groups in total. The number of sulfonamides is 1. The fourth-order valence-corrected chi connectivity index (χ4v) is 6.50. The Labute approximate surface area is 248 Å². The second kappa shape index (κ2) is 14.0. The minimum absolute atomic E-state index is 0.0566. The van der Waals surface area contributed by atoms with Crippen LogP contribution in [0.3, 0.4) is 0 Å². The number of rotatable bonds is 11. The van der Waals surface area contributed by atoms with Crippen molar-refractivity contribution in [3.63, 3.8) is 0 Å². The molecule has 0 unspecified atom stereocenters. The lowest BCUT2D eigenvalue weighted by molar-refractivity contribution is -0.140. The zero-order valence-corrected chi connectivity index (χ0v) is 25.2. The smallest absolute Gasteiger partial charge is 0.244 e. The summed E-state index contributed by atoms with van der Waals surface area (Å²) in [6.45, 7) is 1.63. The van der Waals surface area contributed by atoms with Crippen molar-refractivity contribution >= 4 is 39.1 Å². The minimum atomic E-state index is -3.88. The number of hydrogen-bond donors (Lipinski definition) is 1. The fraction of sp³-hybridized carbons (Fsp3) is 0.375. The predicted octanol–water partition coefficient (Wildman–Crippen LogP) is 5.50. The quantitative estimate of drug-likeness (QED) is 0.317. The molecule has 0 aliphatic heterocycles. The van der Waals surface area contributed by atoms with Gasteiger partial charge in [0.25, 0.3) is 0 Å². The number of benzene rings is 3. The van der Waals surface area contributed by atoms with Crippen LogP contribution < -0.4 is 9.62 Å². The van der Waals surface area contributed by atoms with Crippen LogP contribution in [-0.4, -0.2) is 50.0 Å². The molecule has 1 saturated carbocycles. The minimum Gasteiger partial charge on any atom is -0.352 e. The van der Waals surface area contributed by atoms with E-state index in [0.717, 1.165) is 59.4 Å². The van der Waals surface area contributed by atoms with Crippen LogP contribution in [-0.2, 0) is 32.6 Å². The lowest BCUT2D eigenvalue weighted by atomic mass is 9.94. The molecule has 218 valence electrons. The van der Waals surface area contributed by atoms with Crippen LogP contribution in [0.15, 0.2) is 78.9 Å². The first-order chi connectivity index (χ1) is 19.6. The maximum Gasteiger partial charge on any atom is 0.244 e. The molecule has 0 saturated heterocycles. The fourth-order valence-electron chi connectivity index (χ4n) is 5.35. The van der Waals surface area contributed by atoms with E-state index in [-0.39, 0.29) is 29.2 Å². The first kappa shape index (κ1) is 30.6. The van der Waals surface area contributed by atoms with Crippen LogP contribution in [0, 0.1) is 6.92 Å². The summed E-state index contributed by atoms with van der Waals surface area (Å²) in [5.41, 5.74) is 3.00. The highest BCUT2D eigenvalue weighted by molar-refractivity contribution is 7.92. The van der Waals surface area contributed by atoms with Gasteiger partial charge in [-0.1, -0.05) is 103 Å². The maximum atomic E-state index is 14.2. The molecule has 1 atom stereocenters. The van der Waals surface area contributed by atoms with Crippen molar-refractivity contribution in [3.8, 4) is 0 Å². The van der Waals surface area contributed by atoms with Gasteiger partial charge in [0.15, 0.2) is 0 Å². The molecule has 1 aliphatic carbocycles. The highest BCUT2D eigenvalue weighted by Crippen LogP contribution is 2.28. The molecule has 0 spiro atoms. The van der Waals surface area contributed by atoms with Crippen molar-refractivity contribution in [2.45, 2.75) is 64.1 Å². The normalized spacial score (nSPS) is 14.7. The van der Waals surface area contributed by atoms with E-state index in [1.54, 1.807) is 24.3 Å². The molecule has 0 bridgehead atoms. The molecule has 0 radical (unpaired) electrons. The molecule has 0 aromatic heterocycles. The zero-order valence-electron chi connectivity index (χ0n) is 23.6. The molecular weight excluding hydrogens is 558 g/mol. The topological polar surface area (TPSA) is 86.8 Å². The standard InChI is InChI=1S/C32H38ClN3O4S/c1-24-12-11-15-26(20-24)22-35(31(37)23-36(41(2,39)40)29-19-10-9-18-28(29)33)30(21-25-13-5-3-6-14-25)32(38)34-27-16-7-4-8-17-27/h3,5-6,9-15,18-20,27,30H,4,7-8,16-17,21-23H2,1-2H3,(H,34,38)/t30-/m0/s1. The van der Waals surface area contributed by atoms with E-state index in [0.29, 0.717) is 6.42 Å². The molecule has 1 aliphatic rings. The van der Waals surface area contributed by atoms with Gasteiger partial charge >= 0.3 is 0 Å². The van der Waals surface area contributed by atoms with Gasteiger partial charge in [-0.3, -0.25) is 13.9 Å². The number of carbonyl (C=O) groups excluding carboxylic acids is 2. The number of aryl methyl sites for hydroxylation is 1. The zero-order chi connectivity index (χ0) is 29.4. The van der Waals surface area contributed by atoms with Crippen LogP contribution in [0.4, 0.5) is 5.69 Å².